The van der Waals surface area contributed by atoms with Crippen LogP contribution in [0, 0.1) is 5.92 Å². The first-order valence-corrected chi connectivity index (χ1v) is 9.27. The highest BCUT2D eigenvalue weighted by Gasteiger charge is 2.15. The smallest absolute Gasteiger partial charge is 0.257 e. The van der Waals surface area contributed by atoms with E-state index >= 15 is 0 Å². The van der Waals surface area contributed by atoms with Crippen molar-refractivity contribution in [3.8, 4) is 11.4 Å². The predicted octanol–water partition coefficient (Wildman–Crippen LogP) is 3.22. The predicted molar refractivity (Wildman–Crippen MR) is 100 cm³/mol. The quantitative estimate of drug-likeness (QED) is 0.714. The minimum atomic E-state index is -0.234. The minimum Gasteiger partial charge on any atom is -0.296 e. The van der Waals surface area contributed by atoms with Gasteiger partial charge in [-0.25, -0.2) is 4.68 Å². The van der Waals surface area contributed by atoms with Gasteiger partial charge >= 0.3 is 0 Å². The number of amides is 1. The molecule has 0 radical (unpaired) electrons. The third-order valence-electron chi connectivity index (χ3n) is 3.64. The van der Waals surface area contributed by atoms with Crippen molar-refractivity contribution >= 4 is 22.4 Å². The van der Waals surface area contributed by atoms with Crippen LogP contribution in [-0.2, 0) is 6.42 Å². The molecule has 26 heavy (non-hydrogen) atoms. The molecule has 8 nitrogen and oxygen atoms in total. The SMILES string of the molecule is CC(C)Cc1nnc(NC(=O)c2cccc(-c3nnnn3C(C)C)c2)s1. The van der Waals surface area contributed by atoms with Crippen molar-refractivity contribution in [2.24, 2.45) is 5.92 Å². The minimum absolute atomic E-state index is 0.123. The summed E-state index contributed by atoms with van der Waals surface area (Å²) < 4.78 is 1.72. The molecule has 0 saturated heterocycles. The highest BCUT2D eigenvalue weighted by atomic mass is 32.1. The molecule has 1 amide bonds. The van der Waals surface area contributed by atoms with E-state index in [1.165, 1.54) is 11.3 Å². The zero-order valence-electron chi connectivity index (χ0n) is 15.2. The van der Waals surface area contributed by atoms with Crippen LogP contribution >= 0.6 is 11.3 Å². The van der Waals surface area contributed by atoms with Gasteiger partial charge in [-0.2, -0.15) is 0 Å². The molecule has 0 bridgehead atoms. The van der Waals surface area contributed by atoms with Crippen molar-refractivity contribution < 1.29 is 4.79 Å². The number of hydrogen-bond acceptors (Lipinski definition) is 7. The van der Waals surface area contributed by atoms with E-state index < -0.39 is 0 Å². The van der Waals surface area contributed by atoms with Crippen LogP contribution in [0.1, 0.15) is 49.1 Å². The first-order valence-electron chi connectivity index (χ1n) is 8.46. The number of rotatable bonds is 6. The van der Waals surface area contributed by atoms with Crippen molar-refractivity contribution in [3.05, 3.63) is 34.8 Å². The maximum atomic E-state index is 12.6. The molecule has 0 spiro atoms. The molecule has 9 heteroatoms. The highest BCUT2D eigenvalue weighted by molar-refractivity contribution is 7.15. The van der Waals surface area contributed by atoms with E-state index in [-0.39, 0.29) is 11.9 Å². The summed E-state index contributed by atoms with van der Waals surface area (Å²) in [5.74, 6) is 0.891. The van der Waals surface area contributed by atoms with Gasteiger partial charge in [0.1, 0.15) is 5.01 Å². The van der Waals surface area contributed by atoms with Crippen LogP contribution in [0.5, 0.6) is 0 Å². The number of aromatic nitrogens is 6. The average molecular weight is 371 g/mol. The first kappa shape index (κ1) is 18.1. The summed E-state index contributed by atoms with van der Waals surface area (Å²) in [6, 6.07) is 7.34. The molecule has 0 unspecified atom stereocenters. The van der Waals surface area contributed by atoms with E-state index in [0.29, 0.717) is 22.4 Å². The average Bonchev–Trinajstić information content (AvgIpc) is 3.24. The maximum Gasteiger partial charge on any atom is 0.257 e. The van der Waals surface area contributed by atoms with Gasteiger partial charge in [-0.3, -0.25) is 10.1 Å². The molecule has 0 aliphatic rings. The fourth-order valence-corrected chi connectivity index (χ4v) is 3.38. The largest absolute Gasteiger partial charge is 0.296 e. The van der Waals surface area contributed by atoms with Gasteiger partial charge in [0, 0.05) is 17.5 Å². The Hall–Kier alpha value is -2.68. The molecule has 0 aliphatic carbocycles. The lowest BCUT2D eigenvalue weighted by Crippen LogP contribution is -2.12. The summed E-state index contributed by atoms with van der Waals surface area (Å²) in [5, 5.41) is 24.2. The number of carbonyl (C=O) groups is 1. The Morgan fingerprint density at radius 3 is 2.73 bits per heavy atom. The number of tetrazole rings is 1. The normalized spacial score (nSPS) is 11.3. The third kappa shape index (κ3) is 4.10. The molecule has 0 saturated carbocycles. The standard InChI is InChI=1S/C17H21N7OS/c1-10(2)8-14-19-21-17(26-14)18-16(25)13-7-5-6-12(9-13)15-20-22-23-24(15)11(3)4/h5-7,9-11H,8H2,1-4H3,(H,18,21,25). The Bertz CT molecular complexity index is 900. The fraction of sp³-hybridized carbons (Fsp3) is 0.412. The Morgan fingerprint density at radius 2 is 2.00 bits per heavy atom. The third-order valence-corrected chi connectivity index (χ3v) is 4.50. The molecule has 3 rings (SSSR count). The molecule has 2 aromatic heterocycles. The van der Waals surface area contributed by atoms with Crippen LogP contribution in [-0.4, -0.2) is 36.3 Å². The van der Waals surface area contributed by atoms with Gasteiger partial charge in [0.2, 0.25) is 5.13 Å². The first-order chi connectivity index (χ1) is 12.4. The van der Waals surface area contributed by atoms with E-state index in [2.05, 4.69) is 44.9 Å². The molecule has 0 aliphatic heterocycles. The van der Waals surface area contributed by atoms with Gasteiger partial charge in [-0.1, -0.05) is 37.3 Å². The second kappa shape index (κ2) is 7.69. The lowest BCUT2D eigenvalue weighted by molar-refractivity contribution is 0.102. The monoisotopic (exact) mass is 371 g/mol. The van der Waals surface area contributed by atoms with Crippen molar-refractivity contribution in [1.29, 1.82) is 0 Å². The molecule has 3 aromatic rings. The van der Waals surface area contributed by atoms with Gasteiger partial charge < -0.3 is 0 Å². The number of anilines is 1. The van der Waals surface area contributed by atoms with Crippen LogP contribution in [0.4, 0.5) is 5.13 Å². The van der Waals surface area contributed by atoms with Crippen molar-refractivity contribution in [1.82, 2.24) is 30.4 Å². The van der Waals surface area contributed by atoms with Gasteiger partial charge in [-0.15, -0.1) is 15.3 Å². The van der Waals surface area contributed by atoms with Crippen molar-refractivity contribution in [2.45, 2.75) is 40.2 Å². The van der Waals surface area contributed by atoms with Crippen molar-refractivity contribution in [2.75, 3.05) is 5.32 Å². The lowest BCUT2D eigenvalue weighted by Gasteiger charge is -2.08. The van der Waals surface area contributed by atoms with Gasteiger partial charge in [-0.05, 0) is 42.3 Å². The molecule has 1 aromatic carbocycles. The Kier molecular flexibility index (Phi) is 5.36. The van der Waals surface area contributed by atoms with Gasteiger partial charge in [0.05, 0.1) is 6.04 Å². The summed E-state index contributed by atoms with van der Waals surface area (Å²) in [5.41, 5.74) is 1.30. The van der Waals surface area contributed by atoms with Gasteiger partial charge in [0.25, 0.3) is 5.91 Å². The molecule has 136 valence electrons. The summed E-state index contributed by atoms with van der Waals surface area (Å²) in [7, 11) is 0. The number of nitrogens with one attached hydrogen (secondary N) is 1. The van der Waals surface area contributed by atoms with Crippen LogP contribution in [0.2, 0.25) is 0 Å². The van der Waals surface area contributed by atoms with E-state index in [9.17, 15) is 4.79 Å². The summed E-state index contributed by atoms with van der Waals surface area (Å²) in [6.07, 6.45) is 0.848. The lowest BCUT2D eigenvalue weighted by atomic mass is 10.1. The molecular weight excluding hydrogens is 350 g/mol. The number of carbonyl (C=O) groups excluding carboxylic acids is 1. The zero-order valence-corrected chi connectivity index (χ0v) is 16.0. The summed E-state index contributed by atoms with van der Waals surface area (Å²) in [6.45, 7) is 8.24. The molecule has 0 atom stereocenters. The Morgan fingerprint density at radius 1 is 1.19 bits per heavy atom. The van der Waals surface area contributed by atoms with Crippen LogP contribution in [0.15, 0.2) is 24.3 Å². The van der Waals surface area contributed by atoms with Crippen LogP contribution in [0.3, 0.4) is 0 Å². The topological polar surface area (TPSA) is 98.5 Å². The molecule has 1 N–H and O–H groups in total. The van der Waals surface area contributed by atoms with Crippen molar-refractivity contribution in [3.63, 3.8) is 0 Å². The fourth-order valence-electron chi connectivity index (χ4n) is 2.44. The van der Waals surface area contributed by atoms with Crippen LogP contribution < -0.4 is 5.32 Å². The molecule has 2 heterocycles. The van der Waals surface area contributed by atoms with E-state index in [1.807, 2.05) is 26.0 Å². The zero-order chi connectivity index (χ0) is 18.7. The number of hydrogen-bond donors (Lipinski definition) is 1. The van der Waals surface area contributed by atoms with E-state index in [4.69, 9.17) is 0 Å². The summed E-state index contributed by atoms with van der Waals surface area (Å²) >= 11 is 1.40. The Balaban J connectivity index is 1.78. The Labute approximate surface area is 155 Å². The van der Waals surface area contributed by atoms with E-state index in [1.54, 1.807) is 16.8 Å². The number of benzene rings is 1. The second-order valence-electron chi connectivity index (χ2n) is 6.67. The maximum absolute atomic E-state index is 12.6. The number of nitrogens with zero attached hydrogens (tertiary/aromatic N) is 6. The van der Waals surface area contributed by atoms with E-state index in [0.717, 1.165) is 17.0 Å². The van der Waals surface area contributed by atoms with Crippen LogP contribution in [0.25, 0.3) is 11.4 Å². The highest BCUT2D eigenvalue weighted by Crippen LogP contribution is 2.22. The second-order valence-corrected chi connectivity index (χ2v) is 7.74. The molecule has 0 fully saturated rings. The summed E-state index contributed by atoms with van der Waals surface area (Å²) in [4.78, 5) is 12.6. The van der Waals surface area contributed by atoms with Gasteiger partial charge in [0.15, 0.2) is 5.82 Å². The molecular formula is C17H21N7OS.